The van der Waals surface area contributed by atoms with Gasteiger partial charge in [0.25, 0.3) is 0 Å². The molecule has 5 heteroatoms. The van der Waals surface area contributed by atoms with Crippen LogP contribution in [-0.4, -0.2) is 28.6 Å². The number of carbonyl (C=O) groups excluding carboxylic acids is 3. The Balaban J connectivity index is 2.18. The van der Waals surface area contributed by atoms with Crippen molar-refractivity contribution in [3.05, 3.63) is 106 Å². The second-order valence-corrected chi connectivity index (χ2v) is 18.7. The van der Waals surface area contributed by atoms with Crippen LogP contribution in [0.15, 0.2) is 72.8 Å². The van der Waals surface area contributed by atoms with Crippen LogP contribution in [0.1, 0.15) is 47.8 Å². The van der Waals surface area contributed by atoms with Crippen molar-refractivity contribution in [2.24, 2.45) is 0 Å². The molecule has 0 unspecified atom stereocenters. The first-order valence-corrected chi connectivity index (χ1v) is 17.2. The number of rotatable bonds is 6. The third-order valence-corrected chi connectivity index (χ3v) is 16.1. The predicted molar refractivity (Wildman–Crippen MR) is 118 cm³/mol. The van der Waals surface area contributed by atoms with Crippen LogP contribution in [-0.2, 0) is 0 Å². The van der Waals surface area contributed by atoms with Crippen molar-refractivity contribution >= 4 is 37.6 Å². The quantitative estimate of drug-likeness (QED) is 0.419. The van der Waals surface area contributed by atoms with Gasteiger partial charge in [0.05, 0.1) is 0 Å². The van der Waals surface area contributed by atoms with Gasteiger partial charge in [0.2, 0.25) is 0 Å². The van der Waals surface area contributed by atoms with Crippen molar-refractivity contribution in [1.82, 2.24) is 0 Å². The molecule has 0 aliphatic carbocycles. The standard InChI is InChI=1S/3C8H7O.ClH.Sn/c3*1-7-3-2-4-8(5-7)6-9;;/h3*2-5H,1H3;1H;/q;;;;+1/p-1. The summed E-state index contributed by atoms with van der Waals surface area (Å²) in [4.78, 5) is 40.6. The van der Waals surface area contributed by atoms with Gasteiger partial charge in [-0.2, -0.15) is 0 Å². The first-order valence-electron chi connectivity index (χ1n) is 9.27. The molecule has 3 nitrogen and oxygen atoms in total. The van der Waals surface area contributed by atoms with Crippen LogP contribution in [0.25, 0.3) is 0 Å². The fraction of sp³-hybridized carbons (Fsp3) is 0.125. The molecular weight excluding hydrogens is 490 g/mol. The molecule has 0 spiro atoms. The minimum absolute atomic E-state index is 0.317. The fourth-order valence-corrected chi connectivity index (χ4v) is 12.0. The van der Waals surface area contributed by atoms with E-state index in [1.165, 1.54) is 0 Å². The second-order valence-electron chi connectivity index (χ2n) is 7.25. The van der Waals surface area contributed by atoms with E-state index in [0.29, 0.717) is 16.7 Å². The molecule has 0 atom stereocenters. The molecule has 0 radical (unpaired) electrons. The van der Waals surface area contributed by atoms with Crippen LogP contribution in [0.4, 0.5) is 0 Å². The molecule has 3 rings (SSSR count). The molecule has 3 aromatic rings. The summed E-state index contributed by atoms with van der Waals surface area (Å²) in [5, 5.41) is 0. The van der Waals surface area contributed by atoms with Crippen molar-refractivity contribution in [2.45, 2.75) is 20.8 Å². The van der Waals surface area contributed by atoms with Crippen molar-refractivity contribution in [3.8, 4) is 0 Å². The molecule has 0 amide bonds. The summed E-state index contributed by atoms with van der Waals surface area (Å²) in [6.45, 7) is 5.56. The summed E-state index contributed by atoms with van der Waals surface area (Å²) in [6, 6.07) is 20.7. The molecule has 0 aliphatic heterocycles. The topological polar surface area (TPSA) is 51.2 Å². The summed E-state index contributed by atoms with van der Waals surface area (Å²) >= 11 is -5.28. The van der Waals surface area contributed by atoms with Crippen LogP contribution in [0, 0.1) is 20.8 Å². The number of hydrogen-bond acceptors (Lipinski definition) is 3. The van der Waals surface area contributed by atoms with E-state index in [2.05, 4.69) is 0 Å². The number of carbonyl (C=O) groups is 3. The van der Waals surface area contributed by atoms with E-state index in [4.69, 9.17) is 8.92 Å². The molecule has 146 valence electrons. The van der Waals surface area contributed by atoms with Gasteiger partial charge in [-0.3, -0.25) is 0 Å². The van der Waals surface area contributed by atoms with Crippen molar-refractivity contribution in [1.29, 1.82) is 0 Å². The van der Waals surface area contributed by atoms with Crippen molar-refractivity contribution < 1.29 is 14.4 Å². The van der Waals surface area contributed by atoms with Gasteiger partial charge >= 0.3 is 179 Å². The zero-order valence-corrected chi connectivity index (χ0v) is 20.1. The molecule has 0 heterocycles. The Bertz CT molecular complexity index is 981. The second kappa shape index (κ2) is 8.64. The summed E-state index contributed by atoms with van der Waals surface area (Å²) in [5.41, 5.74) is 3.56. The Morgan fingerprint density at radius 2 is 0.862 bits per heavy atom. The molecule has 0 saturated heterocycles. The van der Waals surface area contributed by atoms with Crippen LogP contribution in [0.3, 0.4) is 0 Å². The molecular formula is C24H21ClO3Sn. The maximum atomic E-state index is 13.5. The van der Waals surface area contributed by atoms with Gasteiger partial charge in [-0.15, -0.1) is 0 Å². The molecule has 3 aromatic carbocycles. The number of benzene rings is 3. The van der Waals surface area contributed by atoms with E-state index in [-0.39, 0.29) is 0 Å². The monoisotopic (exact) mass is 512 g/mol. The maximum absolute atomic E-state index is 13.5. The zero-order chi connectivity index (χ0) is 21.2. The van der Waals surface area contributed by atoms with Gasteiger partial charge in [0, 0.05) is 0 Å². The molecule has 0 bridgehead atoms. The van der Waals surface area contributed by atoms with Crippen LogP contribution >= 0.6 is 8.92 Å². The Hall–Kier alpha value is -2.24. The Morgan fingerprint density at radius 3 is 1.10 bits per heavy atom. The summed E-state index contributed by atoms with van der Waals surface area (Å²) in [7, 11) is 6.91. The fourth-order valence-electron chi connectivity index (χ4n) is 3.26. The SMILES string of the molecule is Cc1cccc([C](=O)[Sn]([Cl])([C](=O)c2cccc(C)c2)[C](=O)c2cccc(C)c2)c1. The molecule has 0 N–H and O–H groups in total. The third-order valence-electron chi connectivity index (χ3n) is 4.78. The summed E-state index contributed by atoms with van der Waals surface area (Å²) in [5.74, 6) is 0. The Labute approximate surface area is 178 Å². The van der Waals surface area contributed by atoms with Gasteiger partial charge in [0.15, 0.2) is 0 Å². The predicted octanol–water partition coefficient (Wildman–Crippen LogP) is 5.36. The first-order chi connectivity index (χ1) is 13.7. The molecule has 0 aromatic heterocycles. The summed E-state index contributed by atoms with van der Waals surface area (Å²) < 4.78 is -1.53. The first kappa shape index (κ1) is 21.5. The van der Waals surface area contributed by atoms with Crippen molar-refractivity contribution in [2.75, 3.05) is 0 Å². The Kier molecular flexibility index (Phi) is 6.39. The Morgan fingerprint density at radius 1 is 0.586 bits per heavy atom. The van der Waals surface area contributed by atoms with Crippen molar-refractivity contribution in [3.63, 3.8) is 0 Å². The van der Waals surface area contributed by atoms with Crippen LogP contribution in [0.2, 0.25) is 0 Å². The summed E-state index contributed by atoms with van der Waals surface area (Å²) in [6.07, 6.45) is 0. The number of aryl methyl sites for hydroxylation is 3. The number of halogens is 1. The van der Waals surface area contributed by atoms with Gasteiger partial charge in [-0.25, -0.2) is 0 Å². The minimum atomic E-state index is -5.28. The van der Waals surface area contributed by atoms with E-state index < -0.39 is 28.6 Å². The van der Waals surface area contributed by atoms with E-state index in [9.17, 15) is 14.4 Å². The molecule has 0 saturated carbocycles. The zero-order valence-electron chi connectivity index (χ0n) is 16.5. The normalized spacial score (nSPS) is 11.2. The average Bonchev–Trinajstić information content (AvgIpc) is 2.71. The van der Waals surface area contributed by atoms with Gasteiger partial charge < -0.3 is 0 Å². The van der Waals surface area contributed by atoms with Gasteiger partial charge in [0.1, 0.15) is 0 Å². The van der Waals surface area contributed by atoms with E-state index in [0.717, 1.165) is 16.7 Å². The number of hydrogen-bond donors (Lipinski definition) is 0. The van der Waals surface area contributed by atoms with E-state index >= 15 is 0 Å². The van der Waals surface area contributed by atoms with E-state index in [1.807, 2.05) is 39.0 Å². The van der Waals surface area contributed by atoms with Crippen LogP contribution in [0.5, 0.6) is 0 Å². The average molecular weight is 512 g/mol. The van der Waals surface area contributed by atoms with Gasteiger partial charge in [-0.1, -0.05) is 0 Å². The third kappa shape index (κ3) is 4.36. The molecule has 0 aliphatic rings. The molecule has 0 fully saturated rings. The van der Waals surface area contributed by atoms with Crippen LogP contribution < -0.4 is 0 Å². The van der Waals surface area contributed by atoms with E-state index in [1.54, 1.807) is 54.6 Å². The molecule has 29 heavy (non-hydrogen) atoms. The van der Waals surface area contributed by atoms with Gasteiger partial charge in [-0.05, 0) is 0 Å².